The average Bonchev–Trinajstić information content (AvgIpc) is 2.38. The lowest BCUT2D eigenvalue weighted by Crippen LogP contribution is -2.30. The molecule has 0 atom stereocenters. The van der Waals surface area contributed by atoms with Gasteiger partial charge in [-0.1, -0.05) is 17.7 Å². The van der Waals surface area contributed by atoms with E-state index in [9.17, 15) is 22.4 Å². The molecule has 1 amide bonds. The molecule has 0 bridgehead atoms. The van der Waals surface area contributed by atoms with Crippen LogP contribution in [0.15, 0.2) is 29.7 Å². The van der Waals surface area contributed by atoms with E-state index >= 15 is 0 Å². The second kappa shape index (κ2) is 6.68. The normalized spacial score (nSPS) is 11.0. The molecule has 1 aromatic rings. The zero-order valence-corrected chi connectivity index (χ0v) is 12.2. The van der Waals surface area contributed by atoms with Gasteiger partial charge in [-0.15, -0.1) is 6.58 Å². The van der Waals surface area contributed by atoms with Crippen molar-refractivity contribution in [1.82, 2.24) is 5.32 Å². The molecular formula is C12H11ClFNO5S. The van der Waals surface area contributed by atoms with Crippen molar-refractivity contribution in [3.8, 4) is 0 Å². The molecule has 0 aliphatic carbocycles. The van der Waals surface area contributed by atoms with Gasteiger partial charge in [0.15, 0.2) is 9.84 Å². The molecule has 0 saturated heterocycles. The number of carboxylic acids is 1. The fraction of sp³-hybridized carbons (Fsp3) is 0.167. The Kier molecular flexibility index (Phi) is 5.45. The standard InChI is InChI=1S/C12H11ClFNO5S/c1-2-3-15-10(16)6-21(19,20)7-4-8(12(17)18)11(13)9(14)5-7/h2,4-5H,1,3,6H2,(H,15,16)(H,17,18). The first kappa shape index (κ1) is 17.1. The van der Waals surface area contributed by atoms with Gasteiger partial charge in [-0.25, -0.2) is 17.6 Å². The first-order valence-electron chi connectivity index (χ1n) is 5.51. The van der Waals surface area contributed by atoms with Crippen molar-refractivity contribution < 1.29 is 27.5 Å². The summed E-state index contributed by atoms with van der Waals surface area (Å²) in [7, 11) is -4.19. The van der Waals surface area contributed by atoms with Crippen LogP contribution < -0.4 is 5.32 Å². The minimum Gasteiger partial charge on any atom is -0.478 e. The SMILES string of the molecule is C=CCNC(=O)CS(=O)(=O)c1cc(F)c(Cl)c(C(=O)O)c1. The Bertz CT molecular complexity index is 702. The number of hydrogen-bond donors (Lipinski definition) is 2. The largest absolute Gasteiger partial charge is 0.478 e. The van der Waals surface area contributed by atoms with E-state index in [2.05, 4.69) is 11.9 Å². The van der Waals surface area contributed by atoms with Crippen LogP contribution >= 0.6 is 11.6 Å². The summed E-state index contributed by atoms with van der Waals surface area (Å²) in [4.78, 5) is 21.6. The highest BCUT2D eigenvalue weighted by atomic mass is 35.5. The second-order valence-electron chi connectivity index (χ2n) is 3.92. The third-order valence-electron chi connectivity index (χ3n) is 2.36. The van der Waals surface area contributed by atoms with Crippen LogP contribution in [0.2, 0.25) is 5.02 Å². The van der Waals surface area contributed by atoms with E-state index in [0.717, 1.165) is 0 Å². The van der Waals surface area contributed by atoms with Gasteiger partial charge in [-0.3, -0.25) is 4.79 Å². The molecule has 6 nitrogen and oxygen atoms in total. The van der Waals surface area contributed by atoms with E-state index in [1.807, 2.05) is 0 Å². The topological polar surface area (TPSA) is 101 Å². The highest BCUT2D eigenvalue weighted by Crippen LogP contribution is 2.25. The quantitative estimate of drug-likeness (QED) is 0.762. The first-order valence-corrected chi connectivity index (χ1v) is 7.54. The molecule has 21 heavy (non-hydrogen) atoms. The van der Waals surface area contributed by atoms with E-state index in [-0.39, 0.29) is 6.54 Å². The van der Waals surface area contributed by atoms with Crippen molar-refractivity contribution in [3.05, 3.63) is 41.2 Å². The number of amides is 1. The molecule has 1 rings (SSSR count). The number of rotatable bonds is 6. The molecule has 0 radical (unpaired) electrons. The third kappa shape index (κ3) is 4.27. The van der Waals surface area contributed by atoms with Crippen molar-refractivity contribution >= 4 is 33.3 Å². The summed E-state index contributed by atoms with van der Waals surface area (Å²) < 4.78 is 37.4. The monoisotopic (exact) mass is 335 g/mol. The molecule has 9 heteroatoms. The summed E-state index contributed by atoms with van der Waals surface area (Å²) in [5.41, 5.74) is -0.693. The van der Waals surface area contributed by atoms with Gasteiger partial charge in [0.2, 0.25) is 5.91 Å². The lowest BCUT2D eigenvalue weighted by atomic mass is 10.2. The maximum Gasteiger partial charge on any atom is 0.337 e. The number of halogens is 2. The molecule has 114 valence electrons. The molecule has 0 spiro atoms. The maximum atomic E-state index is 13.5. The van der Waals surface area contributed by atoms with Crippen LogP contribution in [-0.2, 0) is 14.6 Å². The first-order chi connectivity index (χ1) is 9.69. The number of aromatic carboxylic acids is 1. The van der Waals surface area contributed by atoms with Gasteiger partial charge in [0.1, 0.15) is 11.6 Å². The lowest BCUT2D eigenvalue weighted by Gasteiger charge is -2.07. The lowest BCUT2D eigenvalue weighted by molar-refractivity contribution is -0.118. The zero-order valence-electron chi connectivity index (χ0n) is 10.6. The van der Waals surface area contributed by atoms with Gasteiger partial charge in [0, 0.05) is 6.54 Å². The number of hydrogen-bond acceptors (Lipinski definition) is 4. The van der Waals surface area contributed by atoms with Crippen molar-refractivity contribution in [2.45, 2.75) is 4.90 Å². The maximum absolute atomic E-state index is 13.5. The summed E-state index contributed by atoms with van der Waals surface area (Å²) in [6.45, 7) is 3.42. The highest BCUT2D eigenvalue weighted by Gasteiger charge is 2.24. The molecule has 0 saturated carbocycles. The van der Waals surface area contributed by atoms with Gasteiger partial charge >= 0.3 is 5.97 Å². The summed E-state index contributed by atoms with van der Waals surface area (Å²) in [5.74, 6) is -4.53. The molecule has 0 aliphatic heterocycles. The molecule has 2 N–H and O–H groups in total. The van der Waals surface area contributed by atoms with Crippen LogP contribution in [0.3, 0.4) is 0 Å². The van der Waals surface area contributed by atoms with Crippen LogP contribution in [0, 0.1) is 5.82 Å². The van der Waals surface area contributed by atoms with Crippen LogP contribution in [0.4, 0.5) is 4.39 Å². The Morgan fingerprint density at radius 3 is 2.57 bits per heavy atom. The van der Waals surface area contributed by atoms with Gasteiger partial charge in [-0.2, -0.15) is 0 Å². The van der Waals surface area contributed by atoms with E-state index in [1.165, 1.54) is 6.08 Å². The van der Waals surface area contributed by atoms with Crippen LogP contribution in [0.25, 0.3) is 0 Å². The molecule has 0 aromatic heterocycles. The number of sulfone groups is 1. The molecular weight excluding hydrogens is 325 g/mol. The van der Waals surface area contributed by atoms with E-state index in [1.54, 1.807) is 0 Å². The van der Waals surface area contributed by atoms with E-state index in [4.69, 9.17) is 16.7 Å². The summed E-state index contributed by atoms with van der Waals surface area (Å²) in [5, 5.41) is 10.4. The highest BCUT2D eigenvalue weighted by molar-refractivity contribution is 7.92. The van der Waals surface area contributed by atoms with Gasteiger partial charge < -0.3 is 10.4 Å². The number of benzene rings is 1. The molecule has 0 fully saturated rings. The third-order valence-corrected chi connectivity index (χ3v) is 4.34. The van der Waals surface area contributed by atoms with Crippen LogP contribution in [0.1, 0.15) is 10.4 Å². The Morgan fingerprint density at radius 1 is 1.43 bits per heavy atom. The fourth-order valence-electron chi connectivity index (χ4n) is 1.39. The Morgan fingerprint density at radius 2 is 2.05 bits per heavy atom. The summed E-state index contributed by atoms with van der Waals surface area (Å²) in [6.07, 6.45) is 1.36. The molecule has 0 unspecified atom stereocenters. The van der Waals surface area contributed by atoms with Crippen LogP contribution in [-0.4, -0.2) is 37.7 Å². The molecule has 1 aromatic carbocycles. The Balaban J connectivity index is 3.17. The second-order valence-corrected chi connectivity index (χ2v) is 6.29. The predicted molar refractivity (Wildman–Crippen MR) is 73.6 cm³/mol. The van der Waals surface area contributed by atoms with Crippen molar-refractivity contribution in [2.75, 3.05) is 12.3 Å². The van der Waals surface area contributed by atoms with Crippen molar-refractivity contribution in [2.24, 2.45) is 0 Å². The molecule has 0 aliphatic rings. The summed E-state index contributed by atoms with van der Waals surface area (Å²) in [6, 6.07) is 1.29. The molecule has 0 heterocycles. The van der Waals surface area contributed by atoms with E-state index < -0.39 is 48.8 Å². The Labute approximate surface area is 125 Å². The van der Waals surface area contributed by atoms with Gasteiger partial charge in [0.05, 0.1) is 15.5 Å². The van der Waals surface area contributed by atoms with Crippen molar-refractivity contribution in [1.29, 1.82) is 0 Å². The van der Waals surface area contributed by atoms with Crippen molar-refractivity contribution in [3.63, 3.8) is 0 Å². The summed E-state index contributed by atoms with van der Waals surface area (Å²) >= 11 is 5.44. The average molecular weight is 336 g/mol. The minimum atomic E-state index is -4.19. The van der Waals surface area contributed by atoms with E-state index in [0.29, 0.717) is 12.1 Å². The number of carboxylic acid groups (broad SMARTS) is 1. The number of carbonyl (C=O) groups excluding carboxylic acids is 1. The van der Waals surface area contributed by atoms with Gasteiger partial charge in [-0.05, 0) is 12.1 Å². The predicted octanol–water partition coefficient (Wildman–Crippen LogP) is 1.25. The van der Waals surface area contributed by atoms with Crippen LogP contribution in [0.5, 0.6) is 0 Å². The van der Waals surface area contributed by atoms with Gasteiger partial charge in [0.25, 0.3) is 0 Å². The number of carbonyl (C=O) groups is 2. The zero-order chi connectivity index (χ0) is 16.2. The smallest absolute Gasteiger partial charge is 0.337 e. The fourth-order valence-corrected chi connectivity index (χ4v) is 2.78. The minimum absolute atomic E-state index is 0.0731. The Hall–Kier alpha value is -1.93. The number of nitrogens with one attached hydrogen (secondary N) is 1.